The van der Waals surface area contributed by atoms with Crippen molar-refractivity contribution in [1.29, 1.82) is 0 Å². The van der Waals surface area contributed by atoms with Crippen LogP contribution in [0, 0.1) is 0 Å². The van der Waals surface area contributed by atoms with Crippen LogP contribution < -0.4 is 4.74 Å². The van der Waals surface area contributed by atoms with Gasteiger partial charge in [0.2, 0.25) is 0 Å². The molecule has 1 aromatic heterocycles. The highest BCUT2D eigenvalue weighted by Gasteiger charge is 2.33. The number of ether oxygens (including phenoxy) is 1. The summed E-state index contributed by atoms with van der Waals surface area (Å²) in [6.07, 6.45) is 0. The molecule has 1 N–H and O–H groups in total. The number of aliphatic carboxylic acids is 1. The first-order chi connectivity index (χ1) is 7.95. The van der Waals surface area contributed by atoms with Crippen LogP contribution in [0.5, 0.6) is 5.75 Å². The van der Waals surface area contributed by atoms with Gasteiger partial charge >= 0.3 is 5.97 Å². The van der Waals surface area contributed by atoms with E-state index < -0.39 is 11.4 Å². The van der Waals surface area contributed by atoms with Crippen LogP contribution in [0.15, 0.2) is 28.7 Å². The van der Waals surface area contributed by atoms with Crippen molar-refractivity contribution in [3.8, 4) is 5.75 Å². The molecular formula is C13H14O4. The van der Waals surface area contributed by atoms with Crippen LogP contribution >= 0.6 is 0 Å². The third-order valence-corrected chi connectivity index (χ3v) is 2.87. The Morgan fingerprint density at radius 1 is 1.35 bits per heavy atom. The van der Waals surface area contributed by atoms with Gasteiger partial charge in [-0.1, -0.05) is 0 Å². The maximum absolute atomic E-state index is 11.1. The molecule has 0 saturated heterocycles. The minimum Gasteiger partial charge on any atom is -0.497 e. The van der Waals surface area contributed by atoms with Crippen molar-refractivity contribution in [1.82, 2.24) is 0 Å². The molecule has 4 nitrogen and oxygen atoms in total. The third kappa shape index (κ3) is 1.86. The van der Waals surface area contributed by atoms with E-state index in [1.807, 2.05) is 6.07 Å². The number of furan rings is 1. The zero-order valence-electron chi connectivity index (χ0n) is 9.98. The van der Waals surface area contributed by atoms with E-state index in [9.17, 15) is 4.79 Å². The Kier molecular flexibility index (Phi) is 2.58. The Labute approximate surface area is 98.8 Å². The normalized spacial score (nSPS) is 11.7. The molecule has 0 spiro atoms. The number of fused-ring (bicyclic) bond motifs is 1. The molecule has 17 heavy (non-hydrogen) atoms. The summed E-state index contributed by atoms with van der Waals surface area (Å²) in [7, 11) is 1.59. The number of hydrogen-bond donors (Lipinski definition) is 1. The number of rotatable bonds is 3. The van der Waals surface area contributed by atoms with Gasteiger partial charge in [0.25, 0.3) is 0 Å². The van der Waals surface area contributed by atoms with Crippen molar-refractivity contribution < 1.29 is 19.1 Å². The van der Waals surface area contributed by atoms with E-state index in [2.05, 4.69) is 0 Å². The number of carboxylic acid groups (broad SMARTS) is 1. The lowest BCUT2D eigenvalue weighted by Gasteiger charge is -2.15. The summed E-state index contributed by atoms with van der Waals surface area (Å²) in [6, 6.07) is 7.12. The van der Waals surface area contributed by atoms with E-state index in [4.69, 9.17) is 14.3 Å². The van der Waals surface area contributed by atoms with Crippen molar-refractivity contribution in [3.05, 3.63) is 30.0 Å². The molecule has 0 aliphatic rings. The van der Waals surface area contributed by atoms with Gasteiger partial charge in [-0.25, -0.2) is 0 Å². The van der Waals surface area contributed by atoms with Crippen molar-refractivity contribution in [3.63, 3.8) is 0 Å². The zero-order valence-corrected chi connectivity index (χ0v) is 9.98. The summed E-state index contributed by atoms with van der Waals surface area (Å²) in [6.45, 7) is 3.23. The predicted molar refractivity (Wildman–Crippen MR) is 63.4 cm³/mol. The predicted octanol–water partition coefficient (Wildman–Crippen LogP) is 2.80. The highest BCUT2D eigenvalue weighted by molar-refractivity contribution is 5.84. The summed E-state index contributed by atoms with van der Waals surface area (Å²) < 4.78 is 10.7. The number of carboxylic acids is 1. The molecular weight excluding hydrogens is 220 g/mol. The second-order valence-electron chi connectivity index (χ2n) is 4.44. The molecule has 1 aromatic carbocycles. The Bertz CT molecular complexity index is 566. The van der Waals surface area contributed by atoms with Crippen molar-refractivity contribution >= 4 is 16.9 Å². The molecule has 0 radical (unpaired) electrons. The first kappa shape index (κ1) is 11.5. The summed E-state index contributed by atoms with van der Waals surface area (Å²) in [4.78, 5) is 11.1. The first-order valence-corrected chi connectivity index (χ1v) is 5.26. The van der Waals surface area contributed by atoms with Gasteiger partial charge in [0.05, 0.1) is 7.11 Å². The second kappa shape index (κ2) is 3.80. The number of hydrogen-bond acceptors (Lipinski definition) is 3. The summed E-state index contributed by atoms with van der Waals surface area (Å²) in [5.41, 5.74) is -0.373. The molecule has 0 atom stereocenters. The van der Waals surface area contributed by atoms with Crippen LogP contribution in [0.2, 0.25) is 0 Å². The smallest absolute Gasteiger partial charge is 0.316 e. The molecule has 0 bridgehead atoms. The van der Waals surface area contributed by atoms with E-state index in [-0.39, 0.29) is 0 Å². The van der Waals surface area contributed by atoms with Crippen LogP contribution in [-0.2, 0) is 10.2 Å². The molecule has 0 aliphatic heterocycles. The Balaban J connectivity index is 2.55. The molecule has 0 saturated carbocycles. The lowest BCUT2D eigenvalue weighted by Crippen LogP contribution is -2.27. The lowest BCUT2D eigenvalue weighted by molar-refractivity contribution is -0.143. The minimum atomic E-state index is -1.04. The zero-order chi connectivity index (χ0) is 12.6. The monoisotopic (exact) mass is 234 g/mol. The molecule has 0 aliphatic carbocycles. The van der Waals surface area contributed by atoms with Gasteiger partial charge in [0.1, 0.15) is 22.5 Å². The van der Waals surface area contributed by atoms with Gasteiger partial charge in [-0.2, -0.15) is 0 Å². The van der Waals surface area contributed by atoms with Crippen LogP contribution in [0.3, 0.4) is 0 Å². The van der Waals surface area contributed by atoms with Gasteiger partial charge in [-0.15, -0.1) is 0 Å². The van der Waals surface area contributed by atoms with Crippen LogP contribution in [-0.4, -0.2) is 18.2 Å². The van der Waals surface area contributed by atoms with Gasteiger partial charge < -0.3 is 14.3 Å². The van der Waals surface area contributed by atoms with Crippen molar-refractivity contribution in [2.75, 3.05) is 7.11 Å². The van der Waals surface area contributed by atoms with E-state index in [0.29, 0.717) is 11.3 Å². The highest BCUT2D eigenvalue weighted by Crippen LogP contribution is 2.31. The summed E-state index contributed by atoms with van der Waals surface area (Å²) in [5.74, 6) is 0.245. The van der Waals surface area contributed by atoms with Crippen molar-refractivity contribution in [2.24, 2.45) is 0 Å². The number of carbonyl (C=O) groups is 1. The van der Waals surface area contributed by atoms with Crippen LogP contribution in [0.1, 0.15) is 19.6 Å². The summed E-state index contributed by atoms with van der Waals surface area (Å²) >= 11 is 0. The van der Waals surface area contributed by atoms with Crippen LogP contribution in [0.4, 0.5) is 0 Å². The topological polar surface area (TPSA) is 59.7 Å². The van der Waals surface area contributed by atoms with Crippen LogP contribution in [0.25, 0.3) is 11.0 Å². The average Bonchev–Trinajstić information content (AvgIpc) is 2.71. The largest absolute Gasteiger partial charge is 0.497 e. The van der Waals surface area contributed by atoms with Gasteiger partial charge in [-0.05, 0) is 38.1 Å². The molecule has 4 heteroatoms. The fourth-order valence-corrected chi connectivity index (χ4v) is 1.56. The van der Waals surface area contributed by atoms with Crippen molar-refractivity contribution in [2.45, 2.75) is 19.3 Å². The lowest BCUT2D eigenvalue weighted by atomic mass is 9.90. The third-order valence-electron chi connectivity index (χ3n) is 2.87. The Morgan fingerprint density at radius 3 is 2.65 bits per heavy atom. The fraction of sp³-hybridized carbons (Fsp3) is 0.308. The SMILES string of the molecule is COc1ccc2oc(C(C)(C)C(=O)O)cc2c1. The number of methoxy groups -OCH3 is 1. The second-order valence-corrected chi connectivity index (χ2v) is 4.44. The van der Waals surface area contributed by atoms with Gasteiger partial charge in [-0.3, -0.25) is 4.79 Å². The van der Waals surface area contributed by atoms with E-state index in [1.54, 1.807) is 39.2 Å². The molecule has 0 amide bonds. The molecule has 90 valence electrons. The van der Waals surface area contributed by atoms with E-state index >= 15 is 0 Å². The van der Waals surface area contributed by atoms with E-state index in [1.165, 1.54) is 0 Å². The Morgan fingerprint density at radius 2 is 2.06 bits per heavy atom. The Hall–Kier alpha value is -1.97. The standard InChI is InChI=1S/C13H14O4/c1-13(2,12(14)15)11-7-8-6-9(16-3)4-5-10(8)17-11/h4-7H,1-3H3,(H,14,15). The maximum atomic E-state index is 11.1. The quantitative estimate of drug-likeness (QED) is 0.887. The molecule has 1 heterocycles. The molecule has 2 rings (SSSR count). The van der Waals surface area contributed by atoms with Gasteiger partial charge in [0.15, 0.2) is 0 Å². The fourth-order valence-electron chi connectivity index (χ4n) is 1.56. The summed E-state index contributed by atoms with van der Waals surface area (Å²) in [5, 5.41) is 9.98. The molecule has 0 fully saturated rings. The minimum absolute atomic E-state index is 0.438. The number of benzene rings is 1. The molecule has 0 unspecified atom stereocenters. The highest BCUT2D eigenvalue weighted by atomic mass is 16.5. The van der Waals surface area contributed by atoms with E-state index in [0.717, 1.165) is 11.1 Å². The van der Waals surface area contributed by atoms with Gasteiger partial charge in [0, 0.05) is 5.39 Å². The maximum Gasteiger partial charge on any atom is 0.316 e. The first-order valence-electron chi connectivity index (χ1n) is 5.26. The molecule has 2 aromatic rings. The average molecular weight is 234 g/mol.